The number of aryl methyl sites for hydroxylation is 2. The van der Waals surface area contributed by atoms with Gasteiger partial charge in [-0.15, -0.1) is 0 Å². The van der Waals surface area contributed by atoms with Crippen LogP contribution in [0.15, 0.2) is 48.5 Å². The van der Waals surface area contributed by atoms with Crippen molar-refractivity contribution in [1.82, 2.24) is 5.32 Å². The van der Waals surface area contributed by atoms with E-state index in [-0.39, 0.29) is 6.61 Å². The van der Waals surface area contributed by atoms with E-state index in [9.17, 15) is 14.7 Å². The van der Waals surface area contributed by atoms with Gasteiger partial charge in [-0.25, -0.2) is 9.59 Å². The second-order valence-corrected chi connectivity index (χ2v) is 7.43. The third-order valence-corrected chi connectivity index (χ3v) is 4.74. The molecule has 2 aromatic carbocycles. The highest BCUT2D eigenvalue weighted by Gasteiger charge is 2.24. The summed E-state index contributed by atoms with van der Waals surface area (Å²) in [6.45, 7) is 5.31. The highest BCUT2D eigenvalue weighted by molar-refractivity contribution is 6.28. The third kappa shape index (κ3) is 8.39. The number of carbonyl (C=O) groups excluding carboxylic acids is 1. The normalized spacial score (nSPS) is 12.7. The number of nitrogens with one attached hydrogen (secondary N) is 1. The number of para-hydroxylation sites is 1. The average molecular weight is 430 g/mol. The molecule has 0 fully saturated rings. The first kappa shape index (κ1) is 24.4. The number of esters is 1. The van der Waals surface area contributed by atoms with Crippen molar-refractivity contribution in [3.8, 4) is 5.75 Å². The molecule has 3 N–H and O–H groups in total. The smallest absolute Gasteiger partial charge is 0.417 e. The lowest BCUT2D eigenvalue weighted by molar-refractivity contribution is -0.168. The van der Waals surface area contributed by atoms with E-state index in [0.29, 0.717) is 30.7 Å². The lowest BCUT2D eigenvalue weighted by atomic mass is 9.99. The monoisotopic (exact) mass is 429 g/mol. The van der Waals surface area contributed by atoms with Gasteiger partial charge in [-0.05, 0) is 44.4 Å². The molecule has 31 heavy (non-hydrogen) atoms. The fourth-order valence-corrected chi connectivity index (χ4v) is 3.08. The van der Waals surface area contributed by atoms with Crippen LogP contribution >= 0.6 is 0 Å². The summed E-state index contributed by atoms with van der Waals surface area (Å²) in [5, 5.41) is 22.2. The zero-order chi connectivity index (χ0) is 22.6. The largest absolute Gasteiger partial charge is 0.490 e. The Balaban J connectivity index is 2.13. The lowest BCUT2D eigenvalue weighted by Gasteiger charge is -2.21. The van der Waals surface area contributed by atoms with E-state index < -0.39 is 24.1 Å². The number of aliphatic hydroxyl groups excluding tert-OH is 1. The summed E-state index contributed by atoms with van der Waals surface area (Å²) in [5.74, 6) is -2.51. The molecular formula is C24H31NO6. The fourth-order valence-electron chi connectivity index (χ4n) is 3.08. The number of carboxylic acids is 1. The first-order valence-electron chi connectivity index (χ1n) is 10.5. The quantitative estimate of drug-likeness (QED) is 0.271. The van der Waals surface area contributed by atoms with E-state index in [4.69, 9.17) is 14.6 Å². The molecule has 7 heteroatoms. The number of ether oxygens (including phenoxy) is 2. The number of hydrogen-bond donors (Lipinski definition) is 3. The van der Waals surface area contributed by atoms with Crippen molar-refractivity contribution in [1.29, 1.82) is 0 Å². The minimum Gasteiger partial charge on any atom is -0.490 e. The van der Waals surface area contributed by atoms with Crippen molar-refractivity contribution in [3.05, 3.63) is 65.2 Å². The molecule has 0 saturated carbocycles. The Hall–Kier alpha value is -2.90. The maximum Gasteiger partial charge on any atom is 0.417 e. The minimum atomic E-state index is -1.64. The summed E-state index contributed by atoms with van der Waals surface area (Å²) < 4.78 is 11.1. The van der Waals surface area contributed by atoms with E-state index in [1.54, 1.807) is 24.3 Å². The van der Waals surface area contributed by atoms with Gasteiger partial charge < -0.3 is 25.0 Å². The molecule has 0 bridgehead atoms. The molecule has 0 saturated heterocycles. The Bertz CT molecular complexity index is 836. The van der Waals surface area contributed by atoms with E-state index in [2.05, 4.69) is 5.32 Å². The van der Waals surface area contributed by atoms with Crippen LogP contribution in [0.2, 0.25) is 0 Å². The Kier molecular flexibility index (Phi) is 10.00. The Morgan fingerprint density at radius 2 is 1.81 bits per heavy atom. The lowest BCUT2D eigenvalue weighted by Crippen LogP contribution is -2.32. The number of hydrogen-bond acceptors (Lipinski definition) is 6. The molecule has 2 rings (SSSR count). The SMILES string of the molecule is CCCNCC(O)COc1ccccc1C(CCc1ccc(C)cc1)OC(=O)C(=O)O. The Morgan fingerprint density at radius 3 is 2.48 bits per heavy atom. The summed E-state index contributed by atoms with van der Waals surface area (Å²) in [6, 6.07) is 15.0. The van der Waals surface area contributed by atoms with Gasteiger partial charge in [0, 0.05) is 12.1 Å². The van der Waals surface area contributed by atoms with E-state index >= 15 is 0 Å². The molecule has 0 spiro atoms. The number of carbonyl (C=O) groups is 2. The number of carboxylic acid groups (broad SMARTS) is 1. The summed E-state index contributed by atoms with van der Waals surface area (Å²) in [4.78, 5) is 22.9. The molecule has 0 heterocycles. The van der Waals surface area contributed by atoms with Gasteiger partial charge in [0.15, 0.2) is 0 Å². The molecule has 2 aromatic rings. The van der Waals surface area contributed by atoms with Gasteiger partial charge in [-0.3, -0.25) is 0 Å². The average Bonchev–Trinajstić information content (AvgIpc) is 2.76. The molecule has 0 radical (unpaired) electrons. The van der Waals surface area contributed by atoms with Crippen LogP contribution in [0.5, 0.6) is 5.75 Å². The predicted octanol–water partition coefficient (Wildman–Crippen LogP) is 3.04. The molecule has 0 amide bonds. The molecule has 168 valence electrons. The van der Waals surface area contributed by atoms with Crippen molar-refractivity contribution in [3.63, 3.8) is 0 Å². The number of rotatable bonds is 12. The van der Waals surface area contributed by atoms with Gasteiger partial charge in [0.25, 0.3) is 0 Å². The second-order valence-electron chi connectivity index (χ2n) is 7.43. The standard InChI is InChI=1S/C24H31NO6/c1-3-14-25-15-19(26)16-30-21-7-5-4-6-20(21)22(31-24(29)23(27)28)13-12-18-10-8-17(2)9-11-18/h4-11,19,22,25-26H,3,12-16H2,1-2H3,(H,27,28). The summed E-state index contributed by atoms with van der Waals surface area (Å²) in [7, 11) is 0. The van der Waals surface area contributed by atoms with Crippen molar-refractivity contribution in [2.24, 2.45) is 0 Å². The van der Waals surface area contributed by atoms with Crippen LogP contribution in [0, 0.1) is 6.92 Å². The Morgan fingerprint density at radius 1 is 1.10 bits per heavy atom. The molecule has 0 aliphatic heterocycles. The maximum atomic E-state index is 11.8. The predicted molar refractivity (Wildman–Crippen MR) is 117 cm³/mol. The van der Waals surface area contributed by atoms with Crippen LogP contribution in [0.25, 0.3) is 0 Å². The molecule has 0 aromatic heterocycles. The first-order valence-corrected chi connectivity index (χ1v) is 10.5. The summed E-state index contributed by atoms with van der Waals surface area (Å²) >= 11 is 0. The van der Waals surface area contributed by atoms with Crippen molar-refractivity contribution >= 4 is 11.9 Å². The van der Waals surface area contributed by atoms with Gasteiger partial charge >= 0.3 is 11.9 Å². The van der Waals surface area contributed by atoms with Crippen LogP contribution in [-0.2, 0) is 20.7 Å². The second kappa shape index (κ2) is 12.7. The van der Waals surface area contributed by atoms with Crippen molar-refractivity contribution in [2.45, 2.75) is 45.3 Å². The highest BCUT2D eigenvalue weighted by Crippen LogP contribution is 2.31. The minimum absolute atomic E-state index is 0.0608. The zero-order valence-corrected chi connectivity index (χ0v) is 18.0. The van der Waals surface area contributed by atoms with Gasteiger partial charge in [0.1, 0.15) is 24.6 Å². The van der Waals surface area contributed by atoms with Crippen LogP contribution in [0.1, 0.15) is 42.6 Å². The summed E-state index contributed by atoms with van der Waals surface area (Å²) in [6.07, 6.45) is 0.455. The molecule has 0 aliphatic carbocycles. The van der Waals surface area contributed by atoms with Gasteiger partial charge in [-0.2, -0.15) is 0 Å². The molecule has 7 nitrogen and oxygen atoms in total. The maximum absolute atomic E-state index is 11.8. The van der Waals surface area contributed by atoms with Crippen molar-refractivity contribution < 1.29 is 29.3 Å². The number of aliphatic hydroxyl groups is 1. The molecule has 2 atom stereocenters. The van der Waals surface area contributed by atoms with Crippen LogP contribution in [-0.4, -0.2) is 48.0 Å². The fraction of sp³-hybridized carbons (Fsp3) is 0.417. The van der Waals surface area contributed by atoms with E-state index in [1.807, 2.05) is 38.1 Å². The van der Waals surface area contributed by atoms with Crippen LogP contribution in [0.3, 0.4) is 0 Å². The van der Waals surface area contributed by atoms with E-state index in [0.717, 1.165) is 24.1 Å². The third-order valence-electron chi connectivity index (χ3n) is 4.74. The van der Waals surface area contributed by atoms with Gasteiger partial charge in [-0.1, -0.05) is 55.0 Å². The first-order chi connectivity index (χ1) is 14.9. The highest BCUT2D eigenvalue weighted by atomic mass is 16.6. The van der Waals surface area contributed by atoms with Gasteiger partial charge in [0.05, 0.1) is 0 Å². The summed E-state index contributed by atoms with van der Waals surface area (Å²) in [5.41, 5.74) is 2.76. The van der Waals surface area contributed by atoms with E-state index in [1.165, 1.54) is 0 Å². The topological polar surface area (TPSA) is 105 Å². The number of benzene rings is 2. The van der Waals surface area contributed by atoms with Crippen LogP contribution in [0.4, 0.5) is 0 Å². The van der Waals surface area contributed by atoms with Gasteiger partial charge in [0.2, 0.25) is 0 Å². The number of aliphatic carboxylic acids is 1. The van der Waals surface area contributed by atoms with Crippen LogP contribution < -0.4 is 10.1 Å². The zero-order valence-electron chi connectivity index (χ0n) is 18.0. The Labute approximate surface area is 183 Å². The molecule has 0 aliphatic rings. The molecule has 2 unspecified atom stereocenters. The van der Waals surface area contributed by atoms with Crippen molar-refractivity contribution in [2.75, 3.05) is 19.7 Å². The molecular weight excluding hydrogens is 398 g/mol.